The molecule has 0 bridgehead atoms. The molecule has 1 aromatic rings. The van der Waals surface area contributed by atoms with Crippen molar-refractivity contribution >= 4 is 11.4 Å². The molecule has 3 nitrogen and oxygen atoms in total. The van der Waals surface area contributed by atoms with Crippen molar-refractivity contribution in [2.24, 2.45) is 0 Å². The van der Waals surface area contributed by atoms with E-state index in [9.17, 15) is 17.7 Å². The first-order valence-corrected chi connectivity index (χ1v) is 7.61. The summed E-state index contributed by atoms with van der Waals surface area (Å²) in [7, 11) is 0. The molecular formula is C14H20F3NO2S. The van der Waals surface area contributed by atoms with Crippen molar-refractivity contribution in [2.75, 3.05) is 6.61 Å². The summed E-state index contributed by atoms with van der Waals surface area (Å²) in [6.07, 6.45) is -4.35. The van der Waals surface area contributed by atoms with Crippen LogP contribution in [0.2, 0.25) is 0 Å². The highest BCUT2D eigenvalue weighted by Crippen LogP contribution is 2.23. The number of ether oxygens (including phenoxy) is 1. The highest BCUT2D eigenvalue weighted by Gasteiger charge is 2.29. The average molecular weight is 323 g/mol. The SMILES string of the molecule is C[C@H](N[S+]([O-])C(C)(C)C)c1ccc(OCC(F)(F)F)cc1. The third-order valence-corrected chi connectivity index (χ3v) is 4.30. The minimum Gasteiger partial charge on any atom is -0.598 e. The Morgan fingerprint density at radius 1 is 1.19 bits per heavy atom. The first-order valence-electron chi connectivity index (χ1n) is 6.46. The van der Waals surface area contributed by atoms with Gasteiger partial charge in [-0.15, -0.1) is 4.72 Å². The van der Waals surface area contributed by atoms with E-state index >= 15 is 0 Å². The van der Waals surface area contributed by atoms with Crippen LogP contribution in [0.25, 0.3) is 0 Å². The zero-order valence-corrected chi connectivity index (χ0v) is 13.3. The number of hydrogen-bond donors (Lipinski definition) is 1. The van der Waals surface area contributed by atoms with Gasteiger partial charge in [0.05, 0.1) is 6.04 Å². The van der Waals surface area contributed by atoms with Gasteiger partial charge in [0.15, 0.2) is 6.61 Å². The largest absolute Gasteiger partial charge is 0.598 e. The third-order valence-electron chi connectivity index (χ3n) is 2.62. The van der Waals surface area contributed by atoms with E-state index in [2.05, 4.69) is 9.46 Å². The molecule has 0 heterocycles. The summed E-state index contributed by atoms with van der Waals surface area (Å²) in [5.74, 6) is 0.153. The molecule has 120 valence electrons. The quantitative estimate of drug-likeness (QED) is 0.840. The zero-order chi connectivity index (χ0) is 16.3. The molecule has 7 heteroatoms. The maximum Gasteiger partial charge on any atom is 0.422 e. The van der Waals surface area contributed by atoms with Crippen LogP contribution in [-0.2, 0) is 11.4 Å². The summed E-state index contributed by atoms with van der Waals surface area (Å²) in [5.41, 5.74) is 0.826. The van der Waals surface area contributed by atoms with Gasteiger partial charge in [-0.25, -0.2) is 0 Å². The van der Waals surface area contributed by atoms with E-state index in [1.807, 2.05) is 27.7 Å². The highest BCUT2D eigenvalue weighted by molar-refractivity contribution is 7.90. The molecule has 0 saturated heterocycles. The molecule has 0 aliphatic carbocycles. The molecule has 0 aliphatic heterocycles. The van der Waals surface area contributed by atoms with E-state index in [0.717, 1.165) is 5.56 Å². The van der Waals surface area contributed by atoms with Crippen molar-refractivity contribution < 1.29 is 22.5 Å². The lowest BCUT2D eigenvalue weighted by Crippen LogP contribution is -2.40. The van der Waals surface area contributed by atoms with Gasteiger partial charge in [0.2, 0.25) is 0 Å². The predicted octanol–water partition coefficient (Wildman–Crippen LogP) is 3.74. The van der Waals surface area contributed by atoms with Crippen LogP contribution >= 0.6 is 0 Å². The molecule has 21 heavy (non-hydrogen) atoms. The number of hydrogen-bond acceptors (Lipinski definition) is 3. The predicted molar refractivity (Wildman–Crippen MR) is 77.4 cm³/mol. The number of nitrogens with one attached hydrogen (secondary N) is 1. The van der Waals surface area contributed by atoms with Crippen molar-refractivity contribution in [3.05, 3.63) is 29.8 Å². The molecule has 0 fully saturated rings. The summed E-state index contributed by atoms with van der Waals surface area (Å²) < 4.78 is 55.3. The van der Waals surface area contributed by atoms with Crippen LogP contribution in [0.15, 0.2) is 24.3 Å². The Labute approximate surface area is 126 Å². The number of rotatable bonds is 5. The number of halogens is 3. The summed E-state index contributed by atoms with van der Waals surface area (Å²) in [5, 5.41) is 0. The minimum atomic E-state index is -4.35. The van der Waals surface area contributed by atoms with Gasteiger partial charge in [0.25, 0.3) is 0 Å². The second-order valence-electron chi connectivity index (χ2n) is 5.69. The van der Waals surface area contributed by atoms with Crippen LogP contribution < -0.4 is 9.46 Å². The Bertz CT molecular complexity index is 443. The van der Waals surface area contributed by atoms with Crippen LogP contribution in [0.5, 0.6) is 5.75 Å². The second-order valence-corrected chi connectivity index (χ2v) is 7.69. The normalized spacial score (nSPS) is 15.6. The first kappa shape index (κ1) is 18.1. The van der Waals surface area contributed by atoms with Gasteiger partial charge in [-0.2, -0.15) is 13.2 Å². The van der Waals surface area contributed by atoms with Gasteiger partial charge in [0.1, 0.15) is 10.5 Å². The van der Waals surface area contributed by atoms with E-state index < -0.39 is 24.1 Å². The molecule has 0 spiro atoms. The van der Waals surface area contributed by atoms with Crippen molar-refractivity contribution in [1.29, 1.82) is 0 Å². The topological polar surface area (TPSA) is 44.3 Å². The van der Waals surface area contributed by atoms with E-state index in [1.54, 1.807) is 12.1 Å². The number of alkyl halides is 3. The Morgan fingerprint density at radius 3 is 2.14 bits per heavy atom. The third kappa shape index (κ3) is 6.58. The highest BCUT2D eigenvalue weighted by atomic mass is 32.2. The van der Waals surface area contributed by atoms with Gasteiger partial charge in [-0.1, -0.05) is 12.1 Å². The lowest BCUT2D eigenvalue weighted by Gasteiger charge is -2.26. The molecule has 1 unspecified atom stereocenters. The van der Waals surface area contributed by atoms with E-state index in [4.69, 9.17) is 0 Å². The smallest absolute Gasteiger partial charge is 0.422 e. The molecule has 1 rings (SSSR count). The van der Waals surface area contributed by atoms with Crippen molar-refractivity contribution in [3.63, 3.8) is 0 Å². The van der Waals surface area contributed by atoms with Crippen LogP contribution in [-0.4, -0.2) is 22.1 Å². The molecule has 0 aliphatic rings. The summed E-state index contributed by atoms with van der Waals surface area (Å²) in [6, 6.07) is 6.08. The second kappa shape index (κ2) is 6.89. The van der Waals surface area contributed by atoms with Gasteiger partial charge >= 0.3 is 6.18 Å². The maximum atomic E-state index is 12.0. The Morgan fingerprint density at radius 2 is 1.71 bits per heavy atom. The fraction of sp³-hybridized carbons (Fsp3) is 0.571. The molecule has 0 radical (unpaired) electrons. The molecule has 1 aromatic carbocycles. The first-order chi connectivity index (χ1) is 9.49. The van der Waals surface area contributed by atoms with E-state index in [0.29, 0.717) is 0 Å². The zero-order valence-electron chi connectivity index (χ0n) is 12.5. The maximum absolute atomic E-state index is 12.0. The fourth-order valence-corrected chi connectivity index (χ4v) is 2.23. The van der Waals surface area contributed by atoms with E-state index in [1.165, 1.54) is 12.1 Å². The Kier molecular flexibility index (Phi) is 5.95. The Hall–Kier alpha value is -0.920. The van der Waals surface area contributed by atoms with Crippen molar-refractivity contribution in [1.82, 2.24) is 4.72 Å². The lowest BCUT2D eigenvalue weighted by atomic mass is 10.1. The van der Waals surface area contributed by atoms with Crippen molar-refractivity contribution in [3.8, 4) is 5.75 Å². The lowest BCUT2D eigenvalue weighted by molar-refractivity contribution is -0.153. The molecule has 0 amide bonds. The van der Waals surface area contributed by atoms with Crippen LogP contribution in [0.3, 0.4) is 0 Å². The molecule has 0 aromatic heterocycles. The minimum absolute atomic E-state index is 0.153. The summed E-state index contributed by atoms with van der Waals surface area (Å²) >= 11 is -1.22. The Balaban J connectivity index is 2.61. The average Bonchev–Trinajstić information content (AvgIpc) is 2.35. The number of benzene rings is 1. The monoisotopic (exact) mass is 323 g/mol. The van der Waals surface area contributed by atoms with Crippen LogP contribution in [0.4, 0.5) is 13.2 Å². The molecule has 1 N–H and O–H groups in total. The summed E-state index contributed by atoms with van der Waals surface area (Å²) in [4.78, 5) is 0. The molecule has 0 saturated carbocycles. The van der Waals surface area contributed by atoms with Gasteiger partial charge < -0.3 is 9.29 Å². The fourth-order valence-electron chi connectivity index (χ4n) is 1.42. The van der Waals surface area contributed by atoms with Gasteiger partial charge in [-0.05, 0) is 45.4 Å². The van der Waals surface area contributed by atoms with Crippen LogP contribution in [0, 0.1) is 0 Å². The van der Waals surface area contributed by atoms with Crippen molar-refractivity contribution in [2.45, 2.75) is 44.7 Å². The van der Waals surface area contributed by atoms with E-state index in [-0.39, 0.29) is 16.5 Å². The molecular weight excluding hydrogens is 303 g/mol. The van der Waals surface area contributed by atoms with Gasteiger partial charge in [0, 0.05) is 11.4 Å². The summed E-state index contributed by atoms with van der Waals surface area (Å²) in [6.45, 7) is 6.11. The standard InChI is InChI=1S/C14H20F3NO2S/c1-10(18-21(19)13(2,3)4)11-5-7-12(8-6-11)20-9-14(15,16)17/h5-8,10,18H,9H2,1-4H3/t10-,21?/m0/s1. The van der Waals surface area contributed by atoms with Crippen LogP contribution in [0.1, 0.15) is 39.3 Å². The van der Waals surface area contributed by atoms with Gasteiger partial charge in [-0.3, -0.25) is 0 Å². The molecule has 2 atom stereocenters.